The Balaban J connectivity index is 2.43. The fourth-order valence-corrected chi connectivity index (χ4v) is 2.32. The molecule has 0 fully saturated rings. The van der Waals surface area contributed by atoms with Gasteiger partial charge in [-0.25, -0.2) is 4.79 Å². The van der Waals surface area contributed by atoms with Gasteiger partial charge in [-0.3, -0.25) is 4.90 Å². The van der Waals surface area contributed by atoms with Crippen LogP contribution in [-0.4, -0.2) is 47.6 Å². The SMILES string of the molecule is CC(O)N(C(=O)O)[C@@H](Cn1ncnn1)c1ccccc1Cl. The number of carbonyl (C=O) groups is 1. The molecule has 1 aromatic heterocycles. The number of tetrazole rings is 1. The lowest BCUT2D eigenvalue weighted by atomic mass is 10.1. The average molecular weight is 312 g/mol. The molecule has 1 unspecified atom stereocenters. The van der Waals surface area contributed by atoms with Crippen molar-refractivity contribution in [2.75, 3.05) is 0 Å². The van der Waals surface area contributed by atoms with E-state index >= 15 is 0 Å². The van der Waals surface area contributed by atoms with Gasteiger partial charge in [0.2, 0.25) is 0 Å². The van der Waals surface area contributed by atoms with Gasteiger partial charge in [0.15, 0.2) is 6.33 Å². The smallest absolute Gasteiger partial charge is 0.409 e. The van der Waals surface area contributed by atoms with Crippen LogP contribution in [0.15, 0.2) is 30.6 Å². The molecule has 0 aliphatic rings. The van der Waals surface area contributed by atoms with E-state index in [1.165, 1.54) is 18.0 Å². The summed E-state index contributed by atoms with van der Waals surface area (Å²) in [5.41, 5.74) is 0.555. The Kier molecular flexibility index (Phi) is 4.71. The van der Waals surface area contributed by atoms with E-state index in [4.69, 9.17) is 11.6 Å². The third-order valence-corrected chi connectivity index (χ3v) is 3.30. The molecule has 21 heavy (non-hydrogen) atoms. The first-order valence-corrected chi connectivity index (χ1v) is 6.53. The molecule has 2 N–H and O–H groups in total. The van der Waals surface area contributed by atoms with Gasteiger partial charge in [0, 0.05) is 5.02 Å². The molecule has 0 saturated heterocycles. The van der Waals surface area contributed by atoms with Crippen molar-refractivity contribution in [3.8, 4) is 0 Å². The van der Waals surface area contributed by atoms with Crippen LogP contribution in [0, 0.1) is 0 Å². The fourth-order valence-electron chi connectivity index (χ4n) is 2.06. The highest BCUT2D eigenvalue weighted by Gasteiger charge is 2.30. The van der Waals surface area contributed by atoms with Gasteiger partial charge in [0.25, 0.3) is 0 Å². The molecule has 1 amide bonds. The van der Waals surface area contributed by atoms with E-state index < -0.39 is 18.4 Å². The normalized spacial score (nSPS) is 13.7. The molecule has 9 heteroatoms. The molecular weight excluding hydrogens is 298 g/mol. The van der Waals surface area contributed by atoms with Gasteiger partial charge in [-0.05, 0) is 23.8 Å². The third-order valence-electron chi connectivity index (χ3n) is 2.95. The molecule has 2 rings (SSSR count). The summed E-state index contributed by atoms with van der Waals surface area (Å²) in [4.78, 5) is 13.6. The number of aliphatic hydroxyl groups excluding tert-OH is 1. The van der Waals surface area contributed by atoms with Gasteiger partial charge in [-0.15, -0.1) is 10.2 Å². The van der Waals surface area contributed by atoms with E-state index in [0.717, 1.165) is 4.90 Å². The van der Waals surface area contributed by atoms with Crippen molar-refractivity contribution in [1.29, 1.82) is 0 Å². The van der Waals surface area contributed by atoms with Gasteiger partial charge in [0.05, 0.1) is 12.6 Å². The number of aliphatic hydroxyl groups is 1. The first-order chi connectivity index (χ1) is 10.0. The van der Waals surface area contributed by atoms with E-state index in [-0.39, 0.29) is 6.54 Å². The Bertz CT molecular complexity index is 605. The lowest BCUT2D eigenvalue weighted by Crippen LogP contribution is -2.42. The second kappa shape index (κ2) is 6.51. The van der Waals surface area contributed by atoms with Gasteiger partial charge in [-0.1, -0.05) is 29.8 Å². The monoisotopic (exact) mass is 311 g/mol. The minimum atomic E-state index is -1.27. The lowest BCUT2D eigenvalue weighted by molar-refractivity contribution is -0.00674. The number of carboxylic acid groups (broad SMARTS) is 1. The lowest BCUT2D eigenvalue weighted by Gasteiger charge is -2.31. The maximum Gasteiger partial charge on any atom is 0.409 e. The van der Waals surface area contributed by atoms with Crippen LogP contribution in [-0.2, 0) is 6.54 Å². The molecule has 8 nitrogen and oxygen atoms in total. The van der Waals surface area contributed by atoms with Gasteiger partial charge in [-0.2, -0.15) is 4.80 Å². The predicted octanol–water partition coefficient (Wildman–Crippen LogP) is 1.39. The van der Waals surface area contributed by atoms with Crippen molar-refractivity contribution in [3.63, 3.8) is 0 Å². The van der Waals surface area contributed by atoms with Crippen LogP contribution in [0.25, 0.3) is 0 Å². The number of aromatic nitrogens is 4. The zero-order chi connectivity index (χ0) is 15.4. The molecule has 0 radical (unpaired) electrons. The summed E-state index contributed by atoms with van der Waals surface area (Å²) in [7, 11) is 0. The molecule has 112 valence electrons. The van der Waals surface area contributed by atoms with Crippen molar-refractivity contribution in [2.45, 2.75) is 25.7 Å². The van der Waals surface area contributed by atoms with E-state index in [1.807, 2.05) is 0 Å². The van der Waals surface area contributed by atoms with Crippen LogP contribution in [0.2, 0.25) is 5.02 Å². The molecule has 0 aliphatic carbocycles. The van der Waals surface area contributed by atoms with Crippen LogP contribution >= 0.6 is 11.6 Å². The average Bonchev–Trinajstić information content (AvgIpc) is 2.90. The molecular formula is C12H14ClN5O3. The fraction of sp³-hybridized carbons (Fsp3) is 0.333. The van der Waals surface area contributed by atoms with Crippen LogP contribution in [0.3, 0.4) is 0 Å². The Hall–Kier alpha value is -2.19. The number of amides is 1. The maximum atomic E-state index is 11.5. The zero-order valence-electron chi connectivity index (χ0n) is 11.2. The molecule has 0 saturated carbocycles. The van der Waals surface area contributed by atoms with E-state index in [1.54, 1.807) is 24.3 Å². The van der Waals surface area contributed by atoms with Crippen LogP contribution < -0.4 is 0 Å². The Morgan fingerprint density at radius 1 is 1.48 bits per heavy atom. The number of hydrogen-bond donors (Lipinski definition) is 2. The molecule has 2 aromatic rings. The third kappa shape index (κ3) is 3.47. The molecule has 1 heterocycles. The topological polar surface area (TPSA) is 104 Å². The Morgan fingerprint density at radius 3 is 2.71 bits per heavy atom. The zero-order valence-corrected chi connectivity index (χ0v) is 11.9. The van der Waals surface area contributed by atoms with Crippen molar-refractivity contribution < 1.29 is 15.0 Å². The molecule has 0 bridgehead atoms. The summed E-state index contributed by atoms with van der Waals surface area (Å²) in [6, 6.07) is 6.09. The van der Waals surface area contributed by atoms with Crippen molar-refractivity contribution in [1.82, 2.24) is 25.1 Å². The van der Waals surface area contributed by atoms with Crippen LogP contribution in [0.4, 0.5) is 4.79 Å². The highest BCUT2D eigenvalue weighted by molar-refractivity contribution is 6.31. The summed E-state index contributed by atoms with van der Waals surface area (Å²) in [6.45, 7) is 1.45. The molecule has 0 aliphatic heterocycles. The van der Waals surface area contributed by atoms with E-state index in [2.05, 4.69) is 15.4 Å². The number of hydrogen-bond acceptors (Lipinski definition) is 5. The molecule has 0 spiro atoms. The number of rotatable bonds is 5. The highest BCUT2D eigenvalue weighted by Crippen LogP contribution is 2.29. The maximum absolute atomic E-state index is 11.5. The van der Waals surface area contributed by atoms with Gasteiger partial charge >= 0.3 is 6.09 Å². The minimum absolute atomic E-state index is 0.0843. The van der Waals surface area contributed by atoms with E-state index in [0.29, 0.717) is 10.6 Å². The Morgan fingerprint density at radius 2 is 2.19 bits per heavy atom. The summed E-state index contributed by atoms with van der Waals surface area (Å²) < 4.78 is 0. The van der Waals surface area contributed by atoms with Gasteiger partial charge < -0.3 is 10.2 Å². The summed E-state index contributed by atoms with van der Waals surface area (Å²) >= 11 is 6.15. The minimum Gasteiger partial charge on any atom is -0.465 e. The van der Waals surface area contributed by atoms with Crippen molar-refractivity contribution in [2.24, 2.45) is 0 Å². The number of nitrogens with zero attached hydrogens (tertiary/aromatic N) is 5. The second-order valence-electron chi connectivity index (χ2n) is 4.35. The van der Waals surface area contributed by atoms with E-state index in [9.17, 15) is 15.0 Å². The highest BCUT2D eigenvalue weighted by atomic mass is 35.5. The first-order valence-electron chi connectivity index (χ1n) is 6.15. The molecule has 1 aromatic carbocycles. The standard InChI is InChI=1S/C12H14ClN5O3/c1-8(19)18(12(20)21)11(6-17-15-7-14-16-17)9-4-2-3-5-10(9)13/h2-5,7-8,11,19H,6H2,1H3,(H,20,21)/t8?,11-/m0/s1. The van der Waals surface area contributed by atoms with Crippen LogP contribution in [0.1, 0.15) is 18.5 Å². The summed E-state index contributed by atoms with van der Waals surface area (Å²) in [6.07, 6.45) is -1.24. The summed E-state index contributed by atoms with van der Waals surface area (Å²) in [5, 5.41) is 30.7. The predicted molar refractivity (Wildman–Crippen MR) is 73.6 cm³/mol. The number of benzene rings is 1. The largest absolute Gasteiger partial charge is 0.465 e. The van der Waals surface area contributed by atoms with Gasteiger partial charge in [0.1, 0.15) is 6.23 Å². The molecule has 2 atom stereocenters. The summed E-state index contributed by atoms with van der Waals surface area (Å²) in [5.74, 6) is 0. The Labute approximate surface area is 125 Å². The second-order valence-corrected chi connectivity index (χ2v) is 4.76. The first kappa shape index (κ1) is 15.2. The van der Waals surface area contributed by atoms with Crippen molar-refractivity contribution in [3.05, 3.63) is 41.2 Å². The number of halogens is 1. The van der Waals surface area contributed by atoms with Crippen LogP contribution in [0.5, 0.6) is 0 Å². The quantitative estimate of drug-likeness (QED) is 0.808. The van der Waals surface area contributed by atoms with Crippen molar-refractivity contribution >= 4 is 17.7 Å².